The fraction of sp³-hybridized carbons (Fsp3) is 1.00. The Balaban J connectivity index is 2.02. The van der Waals surface area contributed by atoms with Crippen LogP contribution in [-0.4, -0.2) is 49.3 Å². The van der Waals surface area contributed by atoms with Crippen LogP contribution in [-0.2, 0) is 4.74 Å². The maximum absolute atomic E-state index is 5.87. The standard InChI is InChI=1S/C15H30N2O/c1-6-18-14-9-13(15(14,4)5)17-8-7-16-10-12(17)11(2)3/h11-14,16H,6-10H2,1-5H3. The van der Waals surface area contributed by atoms with Gasteiger partial charge in [0.2, 0.25) is 0 Å². The van der Waals surface area contributed by atoms with Crippen molar-refractivity contribution in [1.29, 1.82) is 0 Å². The molecule has 2 aliphatic rings. The SMILES string of the molecule is CCOC1CC(N2CCNCC2C(C)C)C1(C)C. The zero-order chi connectivity index (χ0) is 13.3. The highest BCUT2D eigenvalue weighted by Gasteiger charge is 2.53. The van der Waals surface area contributed by atoms with Crippen LogP contribution in [0.5, 0.6) is 0 Å². The number of hydrogen-bond donors (Lipinski definition) is 1. The minimum absolute atomic E-state index is 0.306. The molecule has 106 valence electrons. The summed E-state index contributed by atoms with van der Waals surface area (Å²) in [6.45, 7) is 15.9. The van der Waals surface area contributed by atoms with E-state index in [4.69, 9.17) is 4.74 Å². The van der Waals surface area contributed by atoms with Crippen LogP contribution in [0.2, 0.25) is 0 Å². The maximum Gasteiger partial charge on any atom is 0.0655 e. The Kier molecular flexibility index (Phi) is 4.35. The smallest absolute Gasteiger partial charge is 0.0655 e. The maximum atomic E-state index is 5.87. The van der Waals surface area contributed by atoms with Crippen molar-refractivity contribution in [2.75, 3.05) is 26.2 Å². The largest absolute Gasteiger partial charge is 0.378 e. The zero-order valence-electron chi connectivity index (χ0n) is 12.7. The van der Waals surface area contributed by atoms with Gasteiger partial charge in [-0.15, -0.1) is 0 Å². The molecule has 0 aromatic rings. The third-order valence-electron chi connectivity index (χ3n) is 4.99. The van der Waals surface area contributed by atoms with Gasteiger partial charge in [0.25, 0.3) is 0 Å². The van der Waals surface area contributed by atoms with Crippen LogP contribution in [0.1, 0.15) is 41.0 Å². The van der Waals surface area contributed by atoms with Gasteiger partial charge in [-0.05, 0) is 19.3 Å². The monoisotopic (exact) mass is 254 g/mol. The summed E-state index contributed by atoms with van der Waals surface area (Å²) < 4.78 is 5.87. The van der Waals surface area contributed by atoms with Gasteiger partial charge in [-0.3, -0.25) is 4.90 Å². The summed E-state index contributed by atoms with van der Waals surface area (Å²) in [5, 5.41) is 3.54. The van der Waals surface area contributed by atoms with E-state index in [0.717, 1.165) is 25.6 Å². The van der Waals surface area contributed by atoms with E-state index in [2.05, 4.69) is 44.8 Å². The molecule has 0 bridgehead atoms. The van der Waals surface area contributed by atoms with Crippen molar-refractivity contribution in [2.24, 2.45) is 11.3 Å². The van der Waals surface area contributed by atoms with Crippen molar-refractivity contribution in [3.8, 4) is 0 Å². The molecule has 1 N–H and O–H groups in total. The lowest BCUT2D eigenvalue weighted by Crippen LogP contribution is -2.68. The first-order chi connectivity index (χ1) is 8.48. The average molecular weight is 254 g/mol. The van der Waals surface area contributed by atoms with Crippen molar-refractivity contribution in [3.63, 3.8) is 0 Å². The second kappa shape index (κ2) is 5.48. The highest BCUT2D eigenvalue weighted by molar-refractivity contribution is 5.06. The fourth-order valence-electron chi connectivity index (χ4n) is 3.66. The van der Waals surface area contributed by atoms with Gasteiger partial charge in [-0.25, -0.2) is 0 Å². The van der Waals surface area contributed by atoms with Gasteiger partial charge in [0, 0.05) is 43.7 Å². The number of piperazine rings is 1. The van der Waals surface area contributed by atoms with E-state index in [1.165, 1.54) is 13.0 Å². The minimum atomic E-state index is 0.306. The molecule has 2 rings (SSSR count). The minimum Gasteiger partial charge on any atom is -0.378 e. The normalized spacial score (nSPS) is 36.7. The van der Waals surface area contributed by atoms with E-state index in [9.17, 15) is 0 Å². The zero-order valence-corrected chi connectivity index (χ0v) is 12.7. The van der Waals surface area contributed by atoms with Crippen LogP contribution in [0.4, 0.5) is 0 Å². The molecule has 0 aromatic carbocycles. The summed E-state index contributed by atoms with van der Waals surface area (Å²) in [6.07, 6.45) is 1.67. The molecule has 18 heavy (non-hydrogen) atoms. The third kappa shape index (κ3) is 2.45. The van der Waals surface area contributed by atoms with E-state index in [1.807, 2.05) is 0 Å². The summed E-state index contributed by atoms with van der Waals surface area (Å²) in [5.74, 6) is 0.722. The van der Waals surface area contributed by atoms with E-state index >= 15 is 0 Å². The molecular formula is C15H30N2O. The van der Waals surface area contributed by atoms with Crippen LogP contribution >= 0.6 is 0 Å². The lowest BCUT2D eigenvalue weighted by Gasteiger charge is -2.59. The second-order valence-electron chi connectivity index (χ2n) is 6.77. The average Bonchev–Trinajstić information content (AvgIpc) is 2.34. The Labute approximate surface area is 112 Å². The lowest BCUT2D eigenvalue weighted by atomic mass is 9.63. The summed E-state index contributed by atoms with van der Waals surface area (Å²) in [7, 11) is 0. The lowest BCUT2D eigenvalue weighted by molar-refractivity contribution is -0.163. The molecule has 1 saturated carbocycles. The number of nitrogens with zero attached hydrogens (tertiary/aromatic N) is 1. The fourth-order valence-corrected chi connectivity index (χ4v) is 3.66. The molecule has 0 spiro atoms. The first-order valence-corrected chi connectivity index (χ1v) is 7.56. The Hall–Kier alpha value is -0.120. The summed E-state index contributed by atoms with van der Waals surface area (Å²) >= 11 is 0. The topological polar surface area (TPSA) is 24.5 Å². The first kappa shape index (κ1) is 14.3. The Morgan fingerprint density at radius 2 is 2.11 bits per heavy atom. The highest BCUT2D eigenvalue weighted by atomic mass is 16.5. The molecule has 1 heterocycles. The van der Waals surface area contributed by atoms with Gasteiger partial charge < -0.3 is 10.1 Å². The number of ether oxygens (including phenoxy) is 1. The number of hydrogen-bond acceptors (Lipinski definition) is 3. The molecule has 3 nitrogen and oxygen atoms in total. The van der Waals surface area contributed by atoms with Crippen molar-refractivity contribution in [1.82, 2.24) is 10.2 Å². The molecular weight excluding hydrogens is 224 g/mol. The molecule has 0 radical (unpaired) electrons. The van der Waals surface area contributed by atoms with Gasteiger partial charge in [-0.1, -0.05) is 27.7 Å². The third-order valence-corrected chi connectivity index (χ3v) is 4.99. The van der Waals surface area contributed by atoms with Crippen molar-refractivity contribution >= 4 is 0 Å². The number of rotatable bonds is 4. The molecule has 3 unspecified atom stereocenters. The van der Waals surface area contributed by atoms with Gasteiger partial charge in [-0.2, -0.15) is 0 Å². The molecule has 1 aliphatic carbocycles. The van der Waals surface area contributed by atoms with Gasteiger partial charge in [0.15, 0.2) is 0 Å². The van der Waals surface area contributed by atoms with E-state index in [-0.39, 0.29) is 0 Å². The summed E-state index contributed by atoms with van der Waals surface area (Å²) in [4.78, 5) is 2.75. The van der Waals surface area contributed by atoms with Crippen LogP contribution in [0.15, 0.2) is 0 Å². The highest BCUT2D eigenvalue weighted by Crippen LogP contribution is 2.47. The number of nitrogens with one attached hydrogen (secondary N) is 1. The van der Waals surface area contributed by atoms with Gasteiger partial charge in [0.05, 0.1) is 6.10 Å². The van der Waals surface area contributed by atoms with Gasteiger partial charge >= 0.3 is 0 Å². The Morgan fingerprint density at radius 1 is 1.39 bits per heavy atom. The Bertz CT molecular complexity index is 278. The molecule has 1 saturated heterocycles. The molecule has 0 aromatic heterocycles. The van der Waals surface area contributed by atoms with E-state index < -0.39 is 0 Å². The summed E-state index contributed by atoms with van der Waals surface area (Å²) in [5.41, 5.74) is 0.306. The van der Waals surface area contributed by atoms with Crippen LogP contribution in [0.3, 0.4) is 0 Å². The molecule has 2 fully saturated rings. The Morgan fingerprint density at radius 3 is 2.67 bits per heavy atom. The van der Waals surface area contributed by atoms with E-state index in [0.29, 0.717) is 23.6 Å². The molecule has 0 amide bonds. The molecule has 1 aliphatic heterocycles. The molecule has 3 heteroatoms. The predicted octanol–water partition coefficient (Wildman–Crippen LogP) is 2.12. The quantitative estimate of drug-likeness (QED) is 0.832. The van der Waals surface area contributed by atoms with Gasteiger partial charge in [0.1, 0.15) is 0 Å². The van der Waals surface area contributed by atoms with E-state index in [1.54, 1.807) is 0 Å². The van der Waals surface area contributed by atoms with Crippen LogP contribution in [0, 0.1) is 11.3 Å². The second-order valence-corrected chi connectivity index (χ2v) is 6.77. The molecule has 3 atom stereocenters. The first-order valence-electron chi connectivity index (χ1n) is 7.56. The predicted molar refractivity (Wildman–Crippen MR) is 75.8 cm³/mol. The van der Waals surface area contributed by atoms with Crippen LogP contribution < -0.4 is 5.32 Å². The van der Waals surface area contributed by atoms with Crippen molar-refractivity contribution < 1.29 is 4.74 Å². The van der Waals surface area contributed by atoms with Crippen molar-refractivity contribution in [2.45, 2.75) is 59.2 Å². The summed E-state index contributed by atoms with van der Waals surface area (Å²) in [6, 6.07) is 1.38. The van der Waals surface area contributed by atoms with Crippen LogP contribution in [0.25, 0.3) is 0 Å². The van der Waals surface area contributed by atoms with Crippen molar-refractivity contribution in [3.05, 3.63) is 0 Å².